The summed E-state index contributed by atoms with van der Waals surface area (Å²) >= 11 is 0. The largest absolute Gasteiger partial charge is 0.463 e. The fourth-order valence-corrected chi connectivity index (χ4v) is 3.32. The first-order valence-corrected chi connectivity index (χ1v) is 7.91. The van der Waals surface area contributed by atoms with Gasteiger partial charge in [0, 0.05) is 19.9 Å². The van der Waals surface area contributed by atoms with Gasteiger partial charge in [-0.25, -0.2) is 4.79 Å². The molecule has 0 spiro atoms. The summed E-state index contributed by atoms with van der Waals surface area (Å²) in [6.45, 7) is 2.30. The maximum absolute atomic E-state index is 12.8. The summed E-state index contributed by atoms with van der Waals surface area (Å²) in [4.78, 5) is 40.7. The molecule has 0 N–H and O–H groups in total. The van der Waals surface area contributed by atoms with Crippen molar-refractivity contribution in [1.29, 1.82) is 0 Å². The van der Waals surface area contributed by atoms with Gasteiger partial charge in [-0.15, -0.1) is 0 Å². The minimum atomic E-state index is -1.35. The second-order valence-electron chi connectivity index (χ2n) is 5.92. The van der Waals surface area contributed by atoms with Crippen molar-refractivity contribution < 1.29 is 19.1 Å². The van der Waals surface area contributed by atoms with Gasteiger partial charge in [0.25, 0.3) is 5.91 Å². The molecule has 3 rings (SSSR count). The highest BCUT2D eigenvalue weighted by Gasteiger charge is 2.60. The molecule has 6 nitrogen and oxygen atoms in total. The van der Waals surface area contributed by atoms with Crippen molar-refractivity contribution in [2.75, 3.05) is 18.6 Å². The molecule has 2 amide bonds. The van der Waals surface area contributed by atoms with E-state index < -0.39 is 11.6 Å². The third kappa shape index (κ3) is 2.12. The van der Waals surface area contributed by atoms with E-state index in [9.17, 15) is 14.4 Å². The lowest BCUT2D eigenvalue weighted by molar-refractivity contribution is -0.156. The van der Waals surface area contributed by atoms with Crippen molar-refractivity contribution in [3.63, 3.8) is 0 Å². The Bertz CT molecular complexity index is 672. The molecule has 1 fully saturated rings. The smallest absolute Gasteiger partial charge is 0.353 e. The molecule has 122 valence electrons. The Morgan fingerprint density at radius 1 is 1.30 bits per heavy atom. The molecule has 0 bridgehead atoms. The molecule has 1 saturated heterocycles. The Hall–Kier alpha value is -2.37. The number of esters is 1. The molecule has 2 heterocycles. The summed E-state index contributed by atoms with van der Waals surface area (Å²) < 4.78 is 5.38. The standard InChI is InChI=1S/C17H20N2O4/c1-3-4-11-23-16(22)17-10-9-14(20)19(17)13-8-6-5-7-12(13)15(21)18(17)2/h5-8H,3-4,9-11H2,1-2H3. The predicted molar refractivity (Wildman–Crippen MR) is 83.9 cm³/mol. The summed E-state index contributed by atoms with van der Waals surface area (Å²) in [5.41, 5.74) is -0.427. The van der Waals surface area contributed by atoms with Gasteiger partial charge in [0.1, 0.15) is 0 Å². The first kappa shape index (κ1) is 15.5. The number of fused-ring (bicyclic) bond motifs is 3. The number of unbranched alkanes of at least 4 members (excludes halogenated alkanes) is 1. The van der Waals surface area contributed by atoms with E-state index in [1.54, 1.807) is 31.3 Å². The van der Waals surface area contributed by atoms with Crippen molar-refractivity contribution in [2.24, 2.45) is 0 Å². The molecule has 0 radical (unpaired) electrons. The van der Waals surface area contributed by atoms with Crippen LogP contribution in [0.4, 0.5) is 5.69 Å². The van der Waals surface area contributed by atoms with Gasteiger partial charge in [0.05, 0.1) is 17.9 Å². The molecule has 6 heteroatoms. The minimum absolute atomic E-state index is 0.163. The number of rotatable bonds is 4. The van der Waals surface area contributed by atoms with Crippen LogP contribution in [0.1, 0.15) is 43.0 Å². The van der Waals surface area contributed by atoms with Gasteiger partial charge in [0.2, 0.25) is 11.6 Å². The quantitative estimate of drug-likeness (QED) is 0.629. The Balaban J connectivity index is 2.06. The summed E-state index contributed by atoms with van der Waals surface area (Å²) in [6, 6.07) is 6.89. The molecule has 0 aliphatic carbocycles. The number of para-hydroxylation sites is 1. The molecular weight excluding hydrogens is 296 g/mol. The van der Waals surface area contributed by atoms with Gasteiger partial charge in [-0.1, -0.05) is 25.5 Å². The molecule has 1 aromatic rings. The molecule has 1 unspecified atom stereocenters. The zero-order valence-electron chi connectivity index (χ0n) is 13.4. The molecule has 2 aliphatic heterocycles. The van der Waals surface area contributed by atoms with Gasteiger partial charge in [-0.3, -0.25) is 14.5 Å². The normalized spacial score (nSPS) is 22.9. The van der Waals surface area contributed by atoms with Crippen molar-refractivity contribution >= 4 is 23.5 Å². The maximum atomic E-state index is 12.8. The number of hydrogen-bond acceptors (Lipinski definition) is 4. The molecule has 1 aromatic carbocycles. The van der Waals surface area contributed by atoms with Gasteiger partial charge < -0.3 is 9.64 Å². The molecule has 1 atom stereocenters. The number of hydrogen-bond donors (Lipinski definition) is 0. The first-order chi connectivity index (χ1) is 11.0. The second kappa shape index (κ2) is 5.68. The highest BCUT2D eigenvalue weighted by atomic mass is 16.5. The van der Waals surface area contributed by atoms with Crippen molar-refractivity contribution in [1.82, 2.24) is 4.90 Å². The van der Waals surface area contributed by atoms with Crippen LogP contribution < -0.4 is 4.90 Å². The summed E-state index contributed by atoms with van der Waals surface area (Å²) in [6.07, 6.45) is 2.13. The van der Waals surface area contributed by atoms with Crippen LogP contribution in [0.25, 0.3) is 0 Å². The minimum Gasteiger partial charge on any atom is -0.463 e. The van der Waals surface area contributed by atoms with Crippen LogP contribution in [0.2, 0.25) is 0 Å². The number of carbonyl (C=O) groups is 3. The number of benzene rings is 1. The Kier molecular flexibility index (Phi) is 3.83. The van der Waals surface area contributed by atoms with E-state index in [-0.39, 0.29) is 24.7 Å². The van der Waals surface area contributed by atoms with Crippen molar-refractivity contribution in [2.45, 2.75) is 38.3 Å². The van der Waals surface area contributed by atoms with Crippen molar-refractivity contribution in [3.8, 4) is 0 Å². The highest BCUT2D eigenvalue weighted by molar-refractivity contribution is 6.15. The van der Waals surface area contributed by atoms with Gasteiger partial charge in [-0.2, -0.15) is 0 Å². The number of likely N-dealkylation sites (N-methyl/N-ethyl adjacent to an activating group) is 1. The Morgan fingerprint density at radius 3 is 2.78 bits per heavy atom. The molecule has 23 heavy (non-hydrogen) atoms. The van der Waals surface area contributed by atoms with Gasteiger partial charge in [0.15, 0.2) is 0 Å². The van der Waals surface area contributed by atoms with E-state index in [1.807, 2.05) is 6.92 Å². The average molecular weight is 316 g/mol. The lowest BCUT2D eigenvalue weighted by Crippen LogP contribution is -2.67. The van der Waals surface area contributed by atoms with E-state index in [0.717, 1.165) is 12.8 Å². The number of carbonyl (C=O) groups excluding carboxylic acids is 3. The Labute approximate surface area is 135 Å². The second-order valence-corrected chi connectivity index (χ2v) is 5.92. The van der Waals surface area contributed by atoms with E-state index in [1.165, 1.54) is 9.80 Å². The Morgan fingerprint density at radius 2 is 2.04 bits per heavy atom. The fourth-order valence-electron chi connectivity index (χ4n) is 3.32. The van der Waals surface area contributed by atoms with Gasteiger partial charge in [-0.05, 0) is 18.6 Å². The molecular formula is C17H20N2O4. The number of ether oxygens (including phenoxy) is 1. The van der Waals surface area contributed by atoms with E-state index in [2.05, 4.69) is 0 Å². The predicted octanol–water partition coefficient (Wildman–Crippen LogP) is 1.94. The third-order valence-electron chi connectivity index (χ3n) is 4.60. The SMILES string of the molecule is CCCCOC(=O)C12CCC(=O)N1c1ccccc1C(=O)N2C. The number of nitrogens with zero attached hydrogens (tertiary/aromatic N) is 2. The molecule has 0 aromatic heterocycles. The van der Waals surface area contributed by atoms with Crippen LogP contribution in [0.5, 0.6) is 0 Å². The summed E-state index contributed by atoms with van der Waals surface area (Å²) in [5, 5.41) is 0. The van der Waals surface area contributed by atoms with E-state index >= 15 is 0 Å². The van der Waals surface area contributed by atoms with Crippen LogP contribution in [0.15, 0.2) is 24.3 Å². The maximum Gasteiger partial charge on any atom is 0.353 e. The van der Waals surface area contributed by atoms with Crippen LogP contribution in [0.3, 0.4) is 0 Å². The fraction of sp³-hybridized carbons (Fsp3) is 0.471. The third-order valence-corrected chi connectivity index (χ3v) is 4.60. The van der Waals surface area contributed by atoms with Crippen molar-refractivity contribution in [3.05, 3.63) is 29.8 Å². The zero-order chi connectivity index (χ0) is 16.6. The average Bonchev–Trinajstić information content (AvgIpc) is 2.92. The first-order valence-electron chi connectivity index (χ1n) is 7.91. The monoisotopic (exact) mass is 316 g/mol. The summed E-state index contributed by atoms with van der Waals surface area (Å²) in [5.74, 6) is -0.953. The molecule has 0 saturated carbocycles. The van der Waals surface area contributed by atoms with Gasteiger partial charge >= 0.3 is 5.97 Å². The van der Waals surface area contributed by atoms with Crippen LogP contribution >= 0.6 is 0 Å². The topological polar surface area (TPSA) is 66.9 Å². The van der Waals surface area contributed by atoms with Crippen LogP contribution in [-0.2, 0) is 14.3 Å². The summed E-state index contributed by atoms with van der Waals surface area (Å²) in [7, 11) is 1.56. The highest BCUT2D eigenvalue weighted by Crippen LogP contribution is 2.44. The van der Waals surface area contributed by atoms with E-state index in [4.69, 9.17) is 4.74 Å². The lowest BCUT2D eigenvalue weighted by atomic mass is 9.97. The lowest BCUT2D eigenvalue weighted by Gasteiger charge is -2.46. The number of anilines is 1. The molecule has 2 aliphatic rings. The van der Waals surface area contributed by atoms with Crippen LogP contribution in [-0.4, -0.2) is 42.0 Å². The number of amides is 2. The zero-order valence-corrected chi connectivity index (χ0v) is 13.4. The van der Waals surface area contributed by atoms with E-state index in [0.29, 0.717) is 17.9 Å². The van der Waals surface area contributed by atoms with Crippen LogP contribution in [0, 0.1) is 0 Å².